The Morgan fingerprint density at radius 2 is 0.958 bits per heavy atom. The molecule has 0 aliphatic rings. The number of aliphatic carboxylic acids is 1. The molecule has 6 nitrogen and oxygen atoms in total. The first-order valence-corrected chi connectivity index (χ1v) is 10.3. The molecule has 0 radical (unpaired) electrons. The number of hydrogen-bond acceptors (Lipinski definition) is 2. The van der Waals surface area contributed by atoms with Gasteiger partial charge in [-0.1, -0.05) is 84.0 Å². The molecule has 0 bridgehead atoms. The number of phosphoric acid groups is 1. The fourth-order valence-electron chi connectivity index (χ4n) is 2.29. The van der Waals surface area contributed by atoms with E-state index in [2.05, 4.69) is 6.92 Å². The number of carboxylic acids is 1. The molecule has 0 heterocycles. The summed E-state index contributed by atoms with van der Waals surface area (Å²) < 4.78 is 8.88. The van der Waals surface area contributed by atoms with E-state index in [1.54, 1.807) is 0 Å². The summed E-state index contributed by atoms with van der Waals surface area (Å²) in [6, 6.07) is 0. The first-order valence-electron chi connectivity index (χ1n) is 8.77. The van der Waals surface area contributed by atoms with Crippen molar-refractivity contribution >= 4 is 51.5 Å². The minimum absolute atomic E-state index is 0. The standard InChI is InChI=1S/C16H32O2.Ca.H3O4P.2H/c1-2-3-4-5-6-7-8-9-10-11-12-13-14-15-16(17)18;;1-5(2,3)4;;/h2-15H2,1H3,(H,17,18);;(H3,1,2,3,4);;. The molecule has 0 fully saturated rings. The van der Waals surface area contributed by atoms with Crippen LogP contribution < -0.4 is 0 Å². The van der Waals surface area contributed by atoms with E-state index < -0.39 is 13.8 Å². The Bertz CT molecular complexity index is 301. The van der Waals surface area contributed by atoms with Gasteiger partial charge < -0.3 is 19.8 Å². The Labute approximate surface area is 176 Å². The zero-order valence-electron chi connectivity index (χ0n) is 14.5. The minimum atomic E-state index is -4.64. The van der Waals surface area contributed by atoms with Crippen LogP contribution in [0.5, 0.6) is 0 Å². The molecule has 0 rings (SSSR count). The Hall–Kier alpha value is 0.840. The topological polar surface area (TPSA) is 115 Å². The van der Waals surface area contributed by atoms with Gasteiger partial charge in [-0.3, -0.25) is 4.79 Å². The van der Waals surface area contributed by atoms with Gasteiger partial charge in [-0.15, -0.1) is 0 Å². The number of carboxylic acid groups (broad SMARTS) is 1. The van der Waals surface area contributed by atoms with Gasteiger partial charge >= 0.3 is 51.5 Å². The van der Waals surface area contributed by atoms with Crippen molar-refractivity contribution in [2.45, 2.75) is 96.8 Å². The Morgan fingerprint density at radius 3 is 1.21 bits per heavy atom. The van der Waals surface area contributed by atoms with Crippen LogP contribution in [0, 0.1) is 0 Å². The Kier molecular flexibility index (Phi) is 27.0. The van der Waals surface area contributed by atoms with E-state index in [0.717, 1.165) is 12.8 Å². The zero-order chi connectivity index (χ0) is 18.0. The van der Waals surface area contributed by atoms with Gasteiger partial charge in [0, 0.05) is 6.42 Å². The predicted octanol–water partition coefficient (Wildman–Crippen LogP) is 3.71. The number of hydrogen-bond donors (Lipinski definition) is 4. The van der Waals surface area contributed by atoms with Crippen molar-refractivity contribution in [2.24, 2.45) is 0 Å². The van der Waals surface area contributed by atoms with E-state index in [-0.39, 0.29) is 37.7 Å². The van der Waals surface area contributed by atoms with Crippen molar-refractivity contribution in [3.63, 3.8) is 0 Å². The van der Waals surface area contributed by atoms with Crippen molar-refractivity contribution in [1.82, 2.24) is 0 Å². The van der Waals surface area contributed by atoms with E-state index in [9.17, 15) is 4.79 Å². The Morgan fingerprint density at radius 1 is 0.708 bits per heavy atom. The van der Waals surface area contributed by atoms with Crippen LogP contribution >= 0.6 is 7.82 Å². The average Bonchev–Trinajstić information content (AvgIpc) is 2.42. The van der Waals surface area contributed by atoms with Gasteiger partial charge in [0.2, 0.25) is 0 Å². The fourth-order valence-corrected chi connectivity index (χ4v) is 2.29. The summed E-state index contributed by atoms with van der Waals surface area (Å²) in [4.78, 5) is 31.9. The predicted molar refractivity (Wildman–Crippen MR) is 101 cm³/mol. The van der Waals surface area contributed by atoms with Crippen LogP contribution in [-0.2, 0) is 9.36 Å². The first-order chi connectivity index (χ1) is 10.8. The molecule has 0 aromatic rings. The second-order valence-corrected chi connectivity index (χ2v) is 6.93. The SMILES string of the molecule is CCCCCCCCCCCCCCCC(=O)O.O=P(O)(O)O.[CaH2]. The van der Waals surface area contributed by atoms with Crippen LogP contribution in [0.4, 0.5) is 0 Å². The molecule has 0 aliphatic heterocycles. The third-order valence-electron chi connectivity index (χ3n) is 3.49. The summed E-state index contributed by atoms with van der Waals surface area (Å²) in [5, 5.41) is 8.49. The molecule has 0 unspecified atom stereocenters. The van der Waals surface area contributed by atoms with Crippen molar-refractivity contribution in [2.75, 3.05) is 0 Å². The molecule has 4 N–H and O–H groups in total. The molecule has 0 saturated heterocycles. The molecule has 144 valence electrons. The third-order valence-corrected chi connectivity index (χ3v) is 3.49. The summed E-state index contributed by atoms with van der Waals surface area (Å²) in [5.41, 5.74) is 0. The normalized spacial score (nSPS) is 10.5. The van der Waals surface area contributed by atoms with Crippen molar-refractivity contribution in [3.05, 3.63) is 0 Å². The van der Waals surface area contributed by atoms with E-state index in [0.29, 0.717) is 6.42 Å². The van der Waals surface area contributed by atoms with Crippen molar-refractivity contribution in [1.29, 1.82) is 0 Å². The van der Waals surface area contributed by atoms with E-state index >= 15 is 0 Å². The summed E-state index contributed by atoms with van der Waals surface area (Å²) >= 11 is 0. The molecule has 8 heteroatoms. The molecule has 0 aromatic carbocycles. The van der Waals surface area contributed by atoms with Gasteiger partial charge in [-0.05, 0) is 6.42 Å². The summed E-state index contributed by atoms with van der Waals surface area (Å²) in [5.74, 6) is -0.655. The quantitative estimate of drug-likeness (QED) is 0.202. The number of unbranched alkanes of at least 4 members (excludes halogenated alkanes) is 12. The van der Waals surface area contributed by atoms with Gasteiger partial charge in [-0.25, -0.2) is 4.57 Å². The third kappa shape index (κ3) is 43.4. The molecular weight excluding hydrogens is 359 g/mol. The first kappa shape index (κ1) is 29.6. The maximum atomic E-state index is 10.3. The van der Waals surface area contributed by atoms with Gasteiger partial charge in [0.1, 0.15) is 0 Å². The summed E-state index contributed by atoms with van der Waals surface area (Å²) in [6.07, 6.45) is 17.3. The molecule has 0 amide bonds. The van der Waals surface area contributed by atoms with Crippen LogP contribution in [-0.4, -0.2) is 63.5 Å². The van der Waals surface area contributed by atoms with Crippen LogP contribution in [0.2, 0.25) is 0 Å². The Balaban J connectivity index is -0.000000639. The molecule has 0 atom stereocenters. The summed E-state index contributed by atoms with van der Waals surface area (Å²) in [7, 11) is -4.64. The molecular formula is C16H37CaO6P. The van der Waals surface area contributed by atoms with Crippen molar-refractivity contribution < 1.29 is 29.1 Å². The number of rotatable bonds is 14. The second kappa shape index (κ2) is 21.9. The van der Waals surface area contributed by atoms with E-state index in [1.165, 1.54) is 70.6 Å². The van der Waals surface area contributed by atoms with Crippen molar-refractivity contribution in [3.8, 4) is 0 Å². The second-order valence-electron chi connectivity index (χ2n) is 5.90. The van der Waals surface area contributed by atoms with Crippen LogP contribution in [0.15, 0.2) is 0 Å². The van der Waals surface area contributed by atoms with E-state index in [4.69, 9.17) is 24.4 Å². The van der Waals surface area contributed by atoms with E-state index in [1.807, 2.05) is 0 Å². The van der Waals surface area contributed by atoms with Crippen LogP contribution in [0.3, 0.4) is 0 Å². The fraction of sp³-hybridized carbons (Fsp3) is 0.938. The molecule has 0 saturated carbocycles. The average molecular weight is 397 g/mol. The zero-order valence-corrected chi connectivity index (χ0v) is 15.3. The number of carbonyl (C=O) groups is 1. The molecule has 0 spiro atoms. The molecule has 24 heavy (non-hydrogen) atoms. The van der Waals surface area contributed by atoms with Crippen LogP contribution in [0.1, 0.15) is 96.8 Å². The maximum absolute atomic E-state index is 10.3. The molecule has 0 aliphatic carbocycles. The van der Waals surface area contributed by atoms with Gasteiger partial charge in [0.15, 0.2) is 0 Å². The monoisotopic (exact) mass is 396 g/mol. The summed E-state index contributed by atoms with van der Waals surface area (Å²) in [6.45, 7) is 2.26. The van der Waals surface area contributed by atoms with Crippen LogP contribution in [0.25, 0.3) is 0 Å². The van der Waals surface area contributed by atoms with Gasteiger partial charge in [-0.2, -0.15) is 0 Å². The van der Waals surface area contributed by atoms with Gasteiger partial charge in [0.25, 0.3) is 0 Å². The molecule has 0 aromatic heterocycles. The van der Waals surface area contributed by atoms with Gasteiger partial charge in [0.05, 0.1) is 0 Å².